The van der Waals surface area contributed by atoms with E-state index in [0.29, 0.717) is 0 Å². The lowest BCUT2D eigenvalue weighted by Crippen LogP contribution is -2.24. The third kappa shape index (κ3) is 1.97. The van der Waals surface area contributed by atoms with E-state index >= 15 is 0 Å². The van der Waals surface area contributed by atoms with Crippen molar-refractivity contribution < 1.29 is 0 Å². The summed E-state index contributed by atoms with van der Waals surface area (Å²) in [6.45, 7) is 12.0. The van der Waals surface area contributed by atoms with Crippen molar-refractivity contribution in [1.82, 2.24) is 5.32 Å². The third-order valence-corrected chi connectivity index (χ3v) is 3.12. The molecule has 1 heterocycles. The predicted molar refractivity (Wildman–Crippen MR) is 77.3 cm³/mol. The molecule has 0 saturated carbocycles. The molecule has 0 unspecified atom stereocenters. The van der Waals surface area contributed by atoms with E-state index in [1.807, 2.05) is 44.2 Å². The van der Waals surface area contributed by atoms with Gasteiger partial charge in [0.1, 0.15) is 0 Å². The zero-order valence-electron chi connectivity index (χ0n) is 10.9. The molecule has 1 aromatic rings. The number of nitrogens with two attached hydrogens (primary N) is 1. The van der Waals surface area contributed by atoms with Crippen LogP contribution in [0.2, 0.25) is 0 Å². The van der Waals surface area contributed by atoms with Crippen LogP contribution in [-0.2, 0) is 0 Å². The van der Waals surface area contributed by atoms with Crippen LogP contribution in [0.3, 0.4) is 0 Å². The van der Waals surface area contributed by atoms with Gasteiger partial charge in [-0.25, -0.2) is 0 Å². The van der Waals surface area contributed by atoms with Gasteiger partial charge in [0.05, 0.1) is 0 Å². The van der Waals surface area contributed by atoms with Crippen LogP contribution in [-0.4, -0.2) is 0 Å². The van der Waals surface area contributed by atoms with E-state index in [1.54, 1.807) is 0 Å². The van der Waals surface area contributed by atoms with Crippen LogP contribution >= 0.6 is 0 Å². The number of allylic oxidation sites excluding steroid dienone is 3. The second-order valence-corrected chi connectivity index (χ2v) is 4.54. The summed E-state index contributed by atoms with van der Waals surface area (Å²) in [7, 11) is 0. The average molecular weight is 238 g/mol. The van der Waals surface area contributed by atoms with Gasteiger partial charge in [0.15, 0.2) is 0 Å². The van der Waals surface area contributed by atoms with E-state index < -0.39 is 0 Å². The fourth-order valence-corrected chi connectivity index (χ4v) is 2.15. The van der Waals surface area contributed by atoms with Gasteiger partial charge in [-0.05, 0) is 30.6 Å². The summed E-state index contributed by atoms with van der Waals surface area (Å²) in [6.07, 6.45) is 0. The molecule has 2 nitrogen and oxygen atoms in total. The maximum atomic E-state index is 6.25. The lowest BCUT2D eigenvalue weighted by atomic mass is 9.92. The molecule has 0 aliphatic carbocycles. The molecule has 2 rings (SSSR count). The van der Waals surface area contributed by atoms with Gasteiger partial charge in [-0.15, -0.1) is 0 Å². The Kier molecular flexibility index (Phi) is 3.11. The summed E-state index contributed by atoms with van der Waals surface area (Å²) in [4.78, 5) is 0. The number of benzene rings is 1. The maximum absolute atomic E-state index is 6.25. The van der Waals surface area contributed by atoms with Crippen LogP contribution in [0.25, 0.3) is 5.57 Å². The first kappa shape index (κ1) is 12.2. The quantitative estimate of drug-likeness (QED) is 0.829. The second kappa shape index (κ2) is 4.57. The minimum atomic E-state index is 0.767. The normalized spacial score (nSPS) is 15.8. The summed E-state index contributed by atoms with van der Waals surface area (Å²) in [6, 6.07) is 10.1. The Labute approximate surface area is 108 Å². The standard InChI is InChI=1S/C16H18N2/c1-10(2)16-11(3)15(17)14(12(4)18-16)13-8-6-5-7-9-13/h5-9,18H,1,4,17H2,2-3H3. The Morgan fingerprint density at radius 3 is 2.39 bits per heavy atom. The van der Waals surface area contributed by atoms with Crippen LogP contribution in [0.1, 0.15) is 19.4 Å². The molecule has 0 aromatic heterocycles. The molecule has 0 atom stereocenters. The predicted octanol–water partition coefficient (Wildman–Crippen LogP) is 3.32. The second-order valence-electron chi connectivity index (χ2n) is 4.54. The SMILES string of the molecule is C=C(C)C1=C(C)C(N)=C(c2ccccc2)C(=C)N1. The zero-order chi connectivity index (χ0) is 13.3. The van der Waals surface area contributed by atoms with Gasteiger partial charge in [-0.2, -0.15) is 0 Å². The Morgan fingerprint density at radius 1 is 1.22 bits per heavy atom. The molecule has 18 heavy (non-hydrogen) atoms. The van der Waals surface area contributed by atoms with Gasteiger partial charge in [-0.1, -0.05) is 43.5 Å². The first-order valence-corrected chi connectivity index (χ1v) is 5.91. The Morgan fingerprint density at radius 2 is 1.83 bits per heavy atom. The van der Waals surface area contributed by atoms with E-state index in [1.165, 1.54) is 0 Å². The van der Waals surface area contributed by atoms with E-state index in [0.717, 1.165) is 39.4 Å². The van der Waals surface area contributed by atoms with Gasteiger partial charge in [0.2, 0.25) is 0 Å². The van der Waals surface area contributed by atoms with Crippen molar-refractivity contribution in [2.24, 2.45) is 5.73 Å². The van der Waals surface area contributed by atoms with Crippen LogP contribution < -0.4 is 11.1 Å². The van der Waals surface area contributed by atoms with Crippen molar-refractivity contribution in [1.29, 1.82) is 0 Å². The minimum absolute atomic E-state index is 0.767. The highest BCUT2D eigenvalue weighted by molar-refractivity contribution is 5.85. The molecule has 1 aliphatic heterocycles. The molecular formula is C16H18N2. The highest BCUT2D eigenvalue weighted by Crippen LogP contribution is 2.32. The lowest BCUT2D eigenvalue weighted by molar-refractivity contribution is 0.963. The van der Waals surface area contributed by atoms with Crippen molar-refractivity contribution in [3.05, 3.63) is 77.3 Å². The Hall–Kier alpha value is -2.22. The van der Waals surface area contributed by atoms with Crippen molar-refractivity contribution in [2.75, 3.05) is 0 Å². The van der Waals surface area contributed by atoms with E-state index in [4.69, 9.17) is 5.73 Å². The minimum Gasteiger partial charge on any atom is -0.398 e. The molecule has 0 saturated heterocycles. The molecule has 3 N–H and O–H groups in total. The average Bonchev–Trinajstić information content (AvgIpc) is 2.35. The highest BCUT2D eigenvalue weighted by atomic mass is 14.9. The molecule has 0 fully saturated rings. The third-order valence-electron chi connectivity index (χ3n) is 3.12. The fraction of sp³-hybridized carbons (Fsp3) is 0.125. The summed E-state index contributed by atoms with van der Waals surface area (Å²) in [5.41, 5.74) is 12.8. The number of rotatable bonds is 2. The molecule has 1 aliphatic rings. The number of hydrogen-bond acceptors (Lipinski definition) is 2. The van der Waals surface area contributed by atoms with Crippen LogP contribution in [0.15, 0.2) is 71.7 Å². The van der Waals surface area contributed by atoms with E-state index in [2.05, 4.69) is 18.5 Å². The molecule has 0 spiro atoms. The smallest absolute Gasteiger partial charge is 0.0465 e. The topological polar surface area (TPSA) is 38.0 Å². The van der Waals surface area contributed by atoms with Crippen molar-refractivity contribution in [2.45, 2.75) is 13.8 Å². The molecule has 0 radical (unpaired) electrons. The summed E-state index contributed by atoms with van der Waals surface area (Å²) in [5.74, 6) is 0. The number of dihydropyridines is 1. The fourth-order valence-electron chi connectivity index (χ4n) is 2.15. The summed E-state index contributed by atoms with van der Waals surface area (Å²) < 4.78 is 0. The summed E-state index contributed by atoms with van der Waals surface area (Å²) in [5, 5.41) is 3.29. The van der Waals surface area contributed by atoms with Gasteiger partial charge < -0.3 is 11.1 Å². The van der Waals surface area contributed by atoms with E-state index in [-0.39, 0.29) is 0 Å². The molecule has 0 amide bonds. The van der Waals surface area contributed by atoms with Crippen molar-refractivity contribution in [3.8, 4) is 0 Å². The molecule has 92 valence electrons. The molecule has 1 aromatic carbocycles. The Bertz CT molecular complexity index is 574. The van der Waals surface area contributed by atoms with Crippen LogP contribution in [0.4, 0.5) is 0 Å². The molecule has 2 heteroatoms. The maximum Gasteiger partial charge on any atom is 0.0465 e. The van der Waals surface area contributed by atoms with E-state index in [9.17, 15) is 0 Å². The van der Waals surface area contributed by atoms with Crippen molar-refractivity contribution in [3.63, 3.8) is 0 Å². The van der Waals surface area contributed by atoms with Crippen LogP contribution in [0.5, 0.6) is 0 Å². The first-order chi connectivity index (χ1) is 8.52. The van der Waals surface area contributed by atoms with Gasteiger partial charge in [0, 0.05) is 22.7 Å². The highest BCUT2D eigenvalue weighted by Gasteiger charge is 2.20. The number of nitrogens with one attached hydrogen (secondary N) is 1. The lowest BCUT2D eigenvalue weighted by Gasteiger charge is -2.26. The largest absolute Gasteiger partial charge is 0.398 e. The van der Waals surface area contributed by atoms with Gasteiger partial charge >= 0.3 is 0 Å². The van der Waals surface area contributed by atoms with Crippen molar-refractivity contribution >= 4 is 5.57 Å². The van der Waals surface area contributed by atoms with Crippen LogP contribution in [0, 0.1) is 0 Å². The first-order valence-electron chi connectivity index (χ1n) is 5.91. The van der Waals surface area contributed by atoms with Gasteiger partial charge in [0.25, 0.3) is 0 Å². The summed E-state index contributed by atoms with van der Waals surface area (Å²) >= 11 is 0. The number of hydrogen-bond donors (Lipinski definition) is 2. The zero-order valence-corrected chi connectivity index (χ0v) is 10.9. The monoisotopic (exact) mass is 238 g/mol. The molecular weight excluding hydrogens is 220 g/mol. The molecule has 0 bridgehead atoms. The Balaban J connectivity index is 2.60. The van der Waals surface area contributed by atoms with Gasteiger partial charge in [-0.3, -0.25) is 0 Å².